The van der Waals surface area contributed by atoms with Crippen LogP contribution in [0.25, 0.3) is 0 Å². The zero-order chi connectivity index (χ0) is 21.2. The second kappa shape index (κ2) is 8.03. The summed E-state index contributed by atoms with van der Waals surface area (Å²) in [5, 5.41) is 0. The van der Waals surface area contributed by atoms with Crippen molar-refractivity contribution in [3.63, 3.8) is 0 Å². The van der Waals surface area contributed by atoms with Gasteiger partial charge >= 0.3 is 12.2 Å². The van der Waals surface area contributed by atoms with Gasteiger partial charge < -0.3 is 14.4 Å². The van der Waals surface area contributed by atoms with Gasteiger partial charge in [-0.05, 0) is 12.1 Å². The number of sulfonamides is 1. The van der Waals surface area contributed by atoms with Crippen molar-refractivity contribution in [2.45, 2.75) is 11.1 Å². The van der Waals surface area contributed by atoms with E-state index in [9.17, 15) is 21.6 Å². The Kier molecular flexibility index (Phi) is 5.85. The first-order valence-electron chi connectivity index (χ1n) is 8.55. The monoisotopic (exact) mass is 432 g/mol. The van der Waals surface area contributed by atoms with Crippen LogP contribution in [0.1, 0.15) is 5.56 Å². The number of methoxy groups -OCH3 is 2. The normalized spacial score (nSPS) is 16.0. The van der Waals surface area contributed by atoms with Crippen molar-refractivity contribution in [3.05, 3.63) is 35.9 Å². The fraction of sp³-hybridized carbons (Fsp3) is 0.412. The number of alkyl halides is 3. The molecule has 0 radical (unpaired) electrons. The number of ether oxygens (including phenoxy) is 2. The molecule has 2 heterocycles. The minimum Gasteiger partial charge on any atom is -0.481 e. The fourth-order valence-electron chi connectivity index (χ4n) is 2.97. The summed E-state index contributed by atoms with van der Waals surface area (Å²) in [6.07, 6.45) is -4.76. The van der Waals surface area contributed by atoms with Gasteiger partial charge in [0.05, 0.1) is 24.7 Å². The average molecular weight is 432 g/mol. The van der Waals surface area contributed by atoms with Gasteiger partial charge in [-0.3, -0.25) is 0 Å². The van der Waals surface area contributed by atoms with Crippen LogP contribution < -0.4 is 14.4 Å². The second-order valence-electron chi connectivity index (χ2n) is 6.14. The standard InChI is InChI=1S/C17H19F3N4O4S/c1-27-15-11-14(21-16(22-15)28-2)23-7-9-24(10-8-23)29(25,26)13-6-4-3-5-12(13)17(18,19)20/h3-6,11H,7-10H2,1-2H3. The lowest BCUT2D eigenvalue weighted by atomic mass is 10.2. The summed E-state index contributed by atoms with van der Waals surface area (Å²) in [7, 11) is -1.46. The molecule has 29 heavy (non-hydrogen) atoms. The van der Waals surface area contributed by atoms with Gasteiger partial charge in [-0.25, -0.2) is 8.42 Å². The number of benzene rings is 1. The van der Waals surface area contributed by atoms with Gasteiger partial charge in [0, 0.05) is 32.2 Å². The molecule has 0 saturated carbocycles. The van der Waals surface area contributed by atoms with E-state index in [4.69, 9.17) is 9.47 Å². The molecule has 158 valence electrons. The smallest absolute Gasteiger partial charge is 0.417 e. The van der Waals surface area contributed by atoms with Crippen LogP contribution in [0.4, 0.5) is 19.0 Å². The molecule has 0 N–H and O–H groups in total. The molecule has 0 amide bonds. The maximum absolute atomic E-state index is 13.2. The lowest BCUT2D eigenvalue weighted by molar-refractivity contribution is -0.139. The van der Waals surface area contributed by atoms with Gasteiger partial charge in [0.15, 0.2) is 0 Å². The van der Waals surface area contributed by atoms with E-state index in [2.05, 4.69) is 9.97 Å². The highest BCUT2D eigenvalue weighted by Crippen LogP contribution is 2.35. The van der Waals surface area contributed by atoms with Crippen molar-refractivity contribution < 1.29 is 31.1 Å². The van der Waals surface area contributed by atoms with E-state index >= 15 is 0 Å². The molecule has 3 rings (SSSR count). The number of rotatable bonds is 5. The Bertz CT molecular complexity index is 955. The van der Waals surface area contributed by atoms with E-state index in [0.29, 0.717) is 5.82 Å². The molecule has 0 atom stereocenters. The van der Waals surface area contributed by atoms with Gasteiger partial charge in [-0.1, -0.05) is 12.1 Å². The molecule has 0 bridgehead atoms. The first kappa shape index (κ1) is 21.1. The molecule has 8 nitrogen and oxygen atoms in total. The molecule has 0 unspecified atom stereocenters. The summed E-state index contributed by atoms with van der Waals surface area (Å²) in [4.78, 5) is 9.25. The van der Waals surface area contributed by atoms with Crippen molar-refractivity contribution in [1.29, 1.82) is 0 Å². The largest absolute Gasteiger partial charge is 0.481 e. The third kappa shape index (κ3) is 4.37. The van der Waals surface area contributed by atoms with Crippen molar-refractivity contribution >= 4 is 15.8 Å². The van der Waals surface area contributed by atoms with Crippen molar-refractivity contribution in [1.82, 2.24) is 14.3 Å². The Hall–Kier alpha value is -2.60. The number of halogens is 3. The predicted octanol–water partition coefficient (Wildman–Crippen LogP) is 2.02. The van der Waals surface area contributed by atoms with E-state index in [0.717, 1.165) is 22.5 Å². The molecule has 1 aromatic carbocycles. The minimum atomic E-state index is -4.76. The van der Waals surface area contributed by atoms with Crippen LogP contribution in [-0.2, 0) is 16.2 Å². The first-order valence-corrected chi connectivity index (χ1v) is 9.99. The van der Waals surface area contributed by atoms with Gasteiger partial charge in [-0.2, -0.15) is 27.4 Å². The Morgan fingerprint density at radius 1 is 1.00 bits per heavy atom. The SMILES string of the molecule is COc1cc(N2CCN(S(=O)(=O)c3ccccc3C(F)(F)F)CC2)nc(OC)n1. The van der Waals surface area contributed by atoms with Crippen molar-refractivity contribution in [3.8, 4) is 11.9 Å². The Balaban J connectivity index is 1.81. The molecule has 1 fully saturated rings. The summed E-state index contributed by atoms with van der Waals surface area (Å²) in [6, 6.07) is 5.85. The van der Waals surface area contributed by atoms with Crippen LogP contribution >= 0.6 is 0 Å². The van der Waals surface area contributed by atoms with Crippen LogP contribution in [0.2, 0.25) is 0 Å². The molecule has 0 aliphatic carbocycles. The topological polar surface area (TPSA) is 84.9 Å². The van der Waals surface area contributed by atoms with E-state index in [1.807, 2.05) is 0 Å². The van der Waals surface area contributed by atoms with E-state index < -0.39 is 26.7 Å². The predicted molar refractivity (Wildman–Crippen MR) is 97.6 cm³/mol. The zero-order valence-electron chi connectivity index (χ0n) is 15.7. The number of aromatic nitrogens is 2. The number of hydrogen-bond acceptors (Lipinski definition) is 7. The molecule has 1 aliphatic rings. The lowest BCUT2D eigenvalue weighted by Crippen LogP contribution is -2.49. The van der Waals surface area contributed by atoms with E-state index in [1.54, 1.807) is 11.0 Å². The van der Waals surface area contributed by atoms with Crippen LogP contribution in [0.3, 0.4) is 0 Å². The maximum atomic E-state index is 13.2. The highest BCUT2D eigenvalue weighted by Gasteiger charge is 2.39. The Labute approximate surface area is 165 Å². The highest BCUT2D eigenvalue weighted by atomic mass is 32.2. The lowest BCUT2D eigenvalue weighted by Gasteiger charge is -2.35. The third-order valence-corrected chi connectivity index (χ3v) is 6.39. The van der Waals surface area contributed by atoms with Crippen molar-refractivity contribution in [2.24, 2.45) is 0 Å². The number of anilines is 1. The average Bonchev–Trinajstić information content (AvgIpc) is 2.72. The van der Waals surface area contributed by atoms with Crippen LogP contribution in [0, 0.1) is 0 Å². The van der Waals surface area contributed by atoms with Crippen LogP contribution in [0.5, 0.6) is 11.9 Å². The zero-order valence-corrected chi connectivity index (χ0v) is 16.5. The van der Waals surface area contributed by atoms with E-state index in [-0.39, 0.29) is 38.1 Å². The molecular formula is C17H19F3N4O4S. The van der Waals surface area contributed by atoms with Gasteiger partial charge in [0.2, 0.25) is 15.9 Å². The molecule has 2 aromatic rings. The molecule has 12 heteroatoms. The Morgan fingerprint density at radius 2 is 1.66 bits per heavy atom. The van der Waals surface area contributed by atoms with E-state index in [1.165, 1.54) is 20.3 Å². The Morgan fingerprint density at radius 3 is 2.24 bits per heavy atom. The second-order valence-corrected chi connectivity index (χ2v) is 8.05. The summed E-state index contributed by atoms with van der Waals surface area (Å²) < 4.78 is 76.6. The molecule has 1 aromatic heterocycles. The molecule has 1 aliphatic heterocycles. The summed E-state index contributed by atoms with van der Waals surface area (Å²) in [5.41, 5.74) is -1.17. The maximum Gasteiger partial charge on any atom is 0.417 e. The van der Waals surface area contributed by atoms with Gasteiger partial charge in [-0.15, -0.1) is 0 Å². The minimum absolute atomic E-state index is 0.00313. The summed E-state index contributed by atoms with van der Waals surface area (Å²) in [5.74, 6) is 0.752. The quantitative estimate of drug-likeness (QED) is 0.715. The number of hydrogen-bond donors (Lipinski definition) is 0. The molecule has 1 saturated heterocycles. The summed E-state index contributed by atoms with van der Waals surface area (Å²) in [6.45, 7) is 0.472. The van der Waals surface area contributed by atoms with Crippen molar-refractivity contribution in [2.75, 3.05) is 45.3 Å². The van der Waals surface area contributed by atoms with Gasteiger partial charge in [0.1, 0.15) is 5.82 Å². The number of piperazine rings is 1. The first-order chi connectivity index (χ1) is 13.7. The number of nitrogens with zero attached hydrogens (tertiary/aromatic N) is 4. The van der Waals surface area contributed by atoms with Gasteiger partial charge in [0.25, 0.3) is 0 Å². The molecule has 0 spiro atoms. The fourth-order valence-corrected chi connectivity index (χ4v) is 4.61. The summed E-state index contributed by atoms with van der Waals surface area (Å²) >= 11 is 0. The molecular weight excluding hydrogens is 413 g/mol. The third-order valence-electron chi connectivity index (χ3n) is 4.43. The highest BCUT2D eigenvalue weighted by molar-refractivity contribution is 7.89. The van der Waals surface area contributed by atoms with Crippen LogP contribution in [0.15, 0.2) is 35.2 Å². The van der Waals surface area contributed by atoms with Crippen LogP contribution in [-0.4, -0.2) is 63.1 Å².